The molecule has 1 aromatic heterocycles. The standard InChI is InChI=1S/C19H17Cl3N2OS.HNO3/c20-15-2-4-16(5-3-15)25-11-17(10-24-8-7-23-13-24)26-12-14-1-6-18(21)19(22)9-14;2-1(3)4/h1-9,13,17H,10-12H2;(H,2,3,4). The van der Waals surface area contributed by atoms with Crippen molar-refractivity contribution in [2.24, 2.45) is 0 Å². The second-order valence-electron chi connectivity index (χ2n) is 5.94. The van der Waals surface area contributed by atoms with Gasteiger partial charge < -0.3 is 14.5 Å². The molecule has 7 nitrogen and oxygen atoms in total. The lowest BCUT2D eigenvalue weighted by Gasteiger charge is -2.18. The molecule has 0 amide bonds. The fourth-order valence-corrected chi connectivity index (χ4v) is 3.84. The molecule has 11 heteroatoms. The number of hydrogen-bond donors (Lipinski definition) is 1. The molecule has 3 rings (SSSR count). The smallest absolute Gasteiger partial charge is 0.291 e. The van der Waals surface area contributed by atoms with Crippen LogP contribution < -0.4 is 4.74 Å². The Hall–Kier alpha value is -2.13. The van der Waals surface area contributed by atoms with Gasteiger partial charge in [-0.1, -0.05) is 40.9 Å². The van der Waals surface area contributed by atoms with Gasteiger partial charge in [0.05, 0.1) is 21.6 Å². The van der Waals surface area contributed by atoms with Crippen molar-refractivity contribution in [1.29, 1.82) is 0 Å². The van der Waals surface area contributed by atoms with Gasteiger partial charge in [0.25, 0.3) is 5.09 Å². The maximum atomic E-state index is 8.36. The van der Waals surface area contributed by atoms with Crippen molar-refractivity contribution in [1.82, 2.24) is 9.55 Å². The Kier molecular flexibility index (Phi) is 10.1. The first-order chi connectivity index (χ1) is 14.3. The molecule has 0 saturated carbocycles. The molecule has 160 valence electrons. The minimum atomic E-state index is -1.50. The molecule has 0 spiro atoms. The van der Waals surface area contributed by atoms with E-state index in [0.717, 1.165) is 23.6 Å². The van der Waals surface area contributed by atoms with E-state index < -0.39 is 5.09 Å². The molecule has 1 unspecified atom stereocenters. The molecule has 1 N–H and O–H groups in total. The Morgan fingerprint density at radius 3 is 2.47 bits per heavy atom. The zero-order valence-corrected chi connectivity index (χ0v) is 18.6. The van der Waals surface area contributed by atoms with Crippen LogP contribution in [0.5, 0.6) is 5.75 Å². The molecule has 3 aromatic rings. The molecule has 0 aliphatic carbocycles. The van der Waals surface area contributed by atoms with Gasteiger partial charge in [-0.25, -0.2) is 4.98 Å². The minimum absolute atomic E-state index is 0.245. The largest absolute Gasteiger partial charge is 0.492 e. The highest BCUT2D eigenvalue weighted by atomic mass is 35.5. The first kappa shape index (κ1) is 24.1. The topological polar surface area (TPSA) is 90.4 Å². The number of aromatic nitrogens is 2. The van der Waals surface area contributed by atoms with Gasteiger partial charge in [-0.3, -0.25) is 0 Å². The van der Waals surface area contributed by atoms with Gasteiger partial charge in [0, 0.05) is 29.7 Å². The number of benzene rings is 2. The summed E-state index contributed by atoms with van der Waals surface area (Å²) in [6.45, 7) is 1.38. The van der Waals surface area contributed by atoms with E-state index in [1.165, 1.54) is 0 Å². The van der Waals surface area contributed by atoms with Gasteiger partial charge in [0.15, 0.2) is 0 Å². The molecular formula is C19H18Cl3N3O4S. The molecule has 2 aromatic carbocycles. The highest BCUT2D eigenvalue weighted by molar-refractivity contribution is 7.99. The van der Waals surface area contributed by atoms with E-state index >= 15 is 0 Å². The van der Waals surface area contributed by atoms with Crippen LogP contribution in [-0.2, 0) is 12.3 Å². The monoisotopic (exact) mass is 489 g/mol. The lowest BCUT2D eigenvalue weighted by atomic mass is 10.2. The lowest BCUT2D eigenvalue weighted by molar-refractivity contribution is -0.742. The predicted molar refractivity (Wildman–Crippen MR) is 119 cm³/mol. The van der Waals surface area contributed by atoms with Crippen LogP contribution in [0.1, 0.15) is 5.56 Å². The normalized spacial score (nSPS) is 11.3. The van der Waals surface area contributed by atoms with Gasteiger partial charge in [-0.2, -0.15) is 0 Å². The summed E-state index contributed by atoms with van der Waals surface area (Å²) >= 11 is 19.8. The Balaban J connectivity index is 0.000000735. The van der Waals surface area contributed by atoms with Crippen LogP contribution in [0.15, 0.2) is 61.2 Å². The van der Waals surface area contributed by atoms with Crippen molar-refractivity contribution in [2.75, 3.05) is 6.61 Å². The van der Waals surface area contributed by atoms with E-state index in [0.29, 0.717) is 21.7 Å². The number of thioether (sulfide) groups is 1. The van der Waals surface area contributed by atoms with Crippen molar-refractivity contribution in [3.8, 4) is 5.75 Å². The minimum Gasteiger partial charge on any atom is -0.492 e. The first-order valence-electron chi connectivity index (χ1n) is 8.56. The summed E-state index contributed by atoms with van der Waals surface area (Å²) in [6, 6.07) is 13.1. The fraction of sp³-hybridized carbons (Fsp3) is 0.211. The number of rotatable bonds is 8. The third-order valence-electron chi connectivity index (χ3n) is 3.69. The summed E-state index contributed by atoms with van der Waals surface area (Å²) in [4.78, 5) is 12.5. The first-order valence-corrected chi connectivity index (χ1v) is 10.7. The van der Waals surface area contributed by atoms with Crippen molar-refractivity contribution < 1.29 is 15.0 Å². The second-order valence-corrected chi connectivity index (χ2v) is 8.48. The van der Waals surface area contributed by atoms with E-state index in [9.17, 15) is 0 Å². The molecule has 0 aliphatic rings. The quantitative estimate of drug-likeness (QED) is 0.313. The van der Waals surface area contributed by atoms with E-state index in [4.69, 9.17) is 54.9 Å². The summed E-state index contributed by atoms with van der Waals surface area (Å²) in [5.74, 6) is 1.63. The highest BCUT2D eigenvalue weighted by Crippen LogP contribution is 2.27. The Morgan fingerprint density at radius 2 is 1.87 bits per heavy atom. The highest BCUT2D eigenvalue weighted by Gasteiger charge is 2.13. The number of imidazole rings is 1. The third-order valence-corrected chi connectivity index (χ3v) is 5.94. The van der Waals surface area contributed by atoms with Gasteiger partial charge >= 0.3 is 0 Å². The number of halogens is 3. The van der Waals surface area contributed by atoms with Crippen molar-refractivity contribution in [3.63, 3.8) is 0 Å². The second kappa shape index (κ2) is 12.5. The van der Waals surface area contributed by atoms with Crippen LogP contribution in [0.2, 0.25) is 15.1 Å². The SMILES string of the molecule is Clc1ccc(OCC(Cn2ccnc2)SCc2ccc(Cl)c(Cl)c2)cc1.O=[N+]([O-])O. The summed E-state index contributed by atoms with van der Waals surface area (Å²) in [5, 5.41) is 15.7. The van der Waals surface area contributed by atoms with Gasteiger partial charge in [-0.05, 0) is 42.0 Å². The molecule has 1 heterocycles. The maximum Gasteiger partial charge on any atom is 0.291 e. The molecule has 0 bridgehead atoms. The molecular weight excluding hydrogens is 473 g/mol. The average molecular weight is 491 g/mol. The fourth-order valence-electron chi connectivity index (χ4n) is 2.35. The van der Waals surface area contributed by atoms with Crippen LogP contribution in [0.3, 0.4) is 0 Å². The predicted octanol–water partition coefficient (Wildman–Crippen LogP) is 5.88. The van der Waals surface area contributed by atoms with Crippen molar-refractivity contribution in [3.05, 3.63) is 91.9 Å². The van der Waals surface area contributed by atoms with E-state index in [1.807, 2.05) is 66.8 Å². The zero-order chi connectivity index (χ0) is 21.9. The van der Waals surface area contributed by atoms with Crippen LogP contribution in [-0.4, -0.2) is 31.7 Å². The Labute approximate surface area is 192 Å². The lowest BCUT2D eigenvalue weighted by Crippen LogP contribution is -2.20. The van der Waals surface area contributed by atoms with Crippen LogP contribution in [0, 0.1) is 10.1 Å². The number of ether oxygens (including phenoxy) is 1. The molecule has 0 radical (unpaired) electrons. The number of nitrogens with zero attached hydrogens (tertiary/aromatic N) is 3. The zero-order valence-electron chi connectivity index (χ0n) is 15.5. The van der Waals surface area contributed by atoms with Gasteiger partial charge in [0.1, 0.15) is 12.4 Å². The molecule has 1 atom stereocenters. The van der Waals surface area contributed by atoms with Gasteiger partial charge in [-0.15, -0.1) is 21.9 Å². The van der Waals surface area contributed by atoms with E-state index in [2.05, 4.69) is 9.55 Å². The summed E-state index contributed by atoms with van der Waals surface area (Å²) in [5.41, 5.74) is 1.13. The van der Waals surface area contributed by atoms with Crippen LogP contribution in [0.25, 0.3) is 0 Å². The summed E-state index contributed by atoms with van der Waals surface area (Å²) < 4.78 is 8.00. The maximum absolute atomic E-state index is 8.36. The van der Waals surface area contributed by atoms with Crippen LogP contribution >= 0.6 is 46.6 Å². The molecule has 30 heavy (non-hydrogen) atoms. The third kappa shape index (κ3) is 9.13. The molecule has 0 aliphatic heterocycles. The Morgan fingerprint density at radius 1 is 1.17 bits per heavy atom. The van der Waals surface area contributed by atoms with E-state index in [-0.39, 0.29) is 5.25 Å². The average Bonchev–Trinajstić information content (AvgIpc) is 3.20. The molecule has 0 fully saturated rings. The summed E-state index contributed by atoms with van der Waals surface area (Å²) in [6.07, 6.45) is 5.55. The Bertz CT molecular complexity index is 923. The van der Waals surface area contributed by atoms with Crippen LogP contribution in [0.4, 0.5) is 0 Å². The van der Waals surface area contributed by atoms with E-state index in [1.54, 1.807) is 6.20 Å². The number of hydrogen-bond acceptors (Lipinski definition) is 5. The summed E-state index contributed by atoms with van der Waals surface area (Å²) in [7, 11) is 0. The van der Waals surface area contributed by atoms with Gasteiger partial charge in [0.2, 0.25) is 0 Å². The van der Waals surface area contributed by atoms with Crippen molar-refractivity contribution >= 4 is 46.6 Å². The van der Waals surface area contributed by atoms with Crippen molar-refractivity contribution in [2.45, 2.75) is 17.5 Å². The molecule has 0 saturated heterocycles.